The molecule has 0 radical (unpaired) electrons. The molecule has 1 amide bonds. The summed E-state index contributed by atoms with van der Waals surface area (Å²) < 4.78 is 1.57. The summed E-state index contributed by atoms with van der Waals surface area (Å²) in [5, 5.41) is 6.85. The Bertz CT molecular complexity index is 367. The maximum absolute atomic E-state index is 11.7. The van der Waals surface area contributed by atoms with Crippen molar-refractivity contribution in [1.29, 1.82) is 0 Å². The van der Waals surface area contributed by atoms with E-state index in [1.54, 1.807) is 24.0 Å². The predicted octanol–water partition coefficient (Wildman–Crippen LogP) is -0.111. The molecule has 1 heterocycles. The number of nitrogens with two attached hydrogens (primary N) is 1. The van der Waals surface area contributed by atoms with Crippen LogP contribution in [0.2, 0.25) is 0 Å². The molecule has 0 unspecified atom stereocenters. The molecule has 0 saturated heterocycles. The van der Waals surface area contributed by atoms with Crippen molar-refractivity contribution < 1.29 is 4.79 Å². The fraction of sp³-hybridized carbons (Fsp3) is 0.600. The Balaban J connectivity index is 1.91. The van der Waals surface area contributed by atoms with E-state index >= 15 is 0 Å². The predicted molar refractivity (Wildman–Crippen MR) is 56.3 cm³/mol. The number of carbonyl (C=O) groups is 1. The number of aryl methyl sites for hydroxylation is 1. The van der Waals surface area contributed by atoms with Gasteiger partial charge in [0.1, 0.15) is 5.69 Å². The number of aromatic nitrogens is 2. The van der Waals surface area contributed by atoms with E-state index in [4.69, 9.17) is 5.73 Å². The number of rotatable bonds is 4. The normalized spacial score (nSPS) is 17.5. The van der Waals surface area contributed by atoms with Gasteiger partial charge in [-0.25, -0.2) is 0 Å². The topological polar surface area (TPSA) is 72.9 Å². The molecule has 0 spiro atoms. The van der Waals surface area contributed by atoms with Crippen molar-refractivity contribution in [2.75, 3.05) is 13.1 Å². The molecule has 0 aromatic carbocycles. The SMILES string of the molecule is Cn1nccc1C(=O)NCC1(CN)CC1. The lowest BCUT2D eigenvalue weighted by Crippen LogP contribution is -2.34. The second-order valence-electron chi connectivity index (χ2n) is 4.23. The molecule has 0 aliphatic heterocycles. The zero-order valence-corrected chi connectivity index (χ0v) is 8.86. The van der Waals surface area contributed by atoms with Gasteiger partial charge < -0.3 is 11.1 Å². The highest BCUT2D eigenvalue weighted by molar-refractivity contribution is 5.92. The van der Waals surface area contributed by atoms with E-state index in [2.05, 4.69) is 10.4 Å². The summed E-state index contributed by atoms with van der Waals surface area (Å²) >= 11 is 0. The minimum Gasteiger partial charge on any atom is -0.350 e. The highest BCUT2D eigenvalue weighted by Crippen LogP contribution is 2.43. The smallest absolute Gasteiger partial charge is 0.269 e. The standard InChI is InChI=1S/C10H16N4O/c1-14-8(2-5-13-14)9(15)12-7-10(6-11)3-4-10/h2,5H,3-4,6-7,11H2,1H3,(H,12,15). The van der Waals surface area contributed by atoms with E-state index in [1.165, 1.54) is 0 Å². The van der Waals surface area contributed by atoms with Gasteiger partial charge in [0.25, 0.3) is 5.91 Å². The lowest BCUT2D eigenvalue weighted by Gasteiger charge is -2.13. The van der Waals surface area contributed by atoms with Gasteiger partial charge in [-0.05, 0) is 25.5 Å². The van der Waals surface area contributed by atoms with Gasteiger partial charge >= 0.3 is 0 Å². The van der Waals surface area contributed by atoms with Crippen LogP contribution in [0.15, 0.2) is 12.3 Å². The van der Waals surface area contributed by atoms with Crippen molar-refractivity contribution in [2.45, 2.75) is 12.8 Å². The van der Waals surface area contributed by atoms with Crippen LogP contribution in [0, 0.1) is 5.41 Å². The number of carbonyl (C=O) groups excluding carboxylic acids is 1. The van der Waals surface area contributed by atoms with Gasteiger partial charge in [0.05, 0.1) is 0 Å². The summed E-state index contributed by atoms with van der Waals surface area (Å²) in [6.07, 6.45) is 3.86. The van der Waals surface area contributed by atoms with Crippen molar-refractivity contribution in [3.8, 4) is 0 Å². The van der Waals surface area contributed by atoms with Crippen LogP contribution in [0.25, 0.3) is 0 Å². The largest absolute Gasteiger partial charge is 0.350 e. The summed E-state index contributed by atoms with van der Waals surface area (Å²) in [6.45, 7) is 1.33. The van der Waals surface area contributed by atoms with Crippen molar-refractivity contribution in [1.82, 2.24) is 15.1 Å². The second kappa shape index (κ2) is 3.66. The molecule has 15 heavy (non-hydrogen) atoms. The molecule has 1 aliphatic carbocycles. The average molecular weight is 208 g/mol. The Morgan fingerprint density at radius 2 is 2.47 bits per heavy atom. The van der Waals surface area contributed by atoms with Crippen molar-refractivity contribution in [3.05, 3.63) is 18.0 Å². The van der Waals surface area contributed by atoms with Crippen LogP contribution >= 0.6 is 0 Å². The minimum absolute atomic E-state index is 0.0743. The summed E-state index contributed by atoms with van der Waals surface area (Å²) in [6, 6.07) is 1.71. The molecule has 2 rings (SSSR count). The Morgan fingerprint density at radius 1 is 1.73 bits per heavy atom. The minimum atomic E-state index is -0.0743. The lowest BCUT2D eigenvalue weighted by molar-refractivity contribution is 0.0936. The van der Waals surface area contributed by atoms with Gasteiger partial charge in [-0.3, -0.25) is 9.48 Å². The molecule has 5 heteroatoms. The first-order chi connectivity index (χ1) is 7.17. The quantitative estimate of drug-likeness (QED) is 0.725. The van der Waals surface area contributed by atoms with Crippen LogP contribution in [0.5, 0.6) is 0 Å². The first kappa shape index (κ1) is 10.2. The molecule has 0 bridgehead atoms. The first-order valence-electron chi connectivity index (χ1n) is 5.13. The third kappa shape index (κ3) is 2.02. The van der Waals surface area contributed by atoms with Gasteiger partial charge in [0, 0.05) is 25.2 Å². The van der Waals surface area contributed by atoms with E-state index in [-0.39, 0.29) is 11.3 Å². The number of amides is 1. The molecule has 3 N–H and O–H groups in total. The average Bonchev–Trinajstić information content (AvgIpc) is 2.91. The summed E-state index contributed by atoms with van der Waals surface area (Å²) in [5.41, 5.74) is 6.40. The Kier molecular flexibility index (Phi) is 2.48. The van der Waals surface area contributed by atoms with Gasteiger partial charge in [-0.15, -0.1) is 0 Å². The molecular weight excluding hydrogens is 192 g/mol. The molecule has 1 fully saturated rings. The summed E-state index contributed by atoms with van der Waals surface area (Å²) in [4.78, 5) is 11.7. The van der Waals surface area contributed by atoms with Crippen LogP contribution in [-0.4, -0.2) is 28.8 Å². The molecule has 1 aromatic heterocycles. The zero-order chi connectivity index (χ0) is 10.9. The van der Waals surface area contributed by atoms with Crippen molar-refractivity contribution in [3.63, 3.8) is 0 Å². The van der Waals surface area contributed by atoms with E-state index in [9.17, 15) is 4.79 Å². The Labute approximate surface area is 88.6 Å². The molecule has 82 valence electrons. The van der Waals surface area contributed by atoms with Crippen LogP contribution < -0.4 is 11.1 Å². The van der Waals surface area contributed by atoms with Gasteiger partial charge in [0.15, 0.2) is 0 Å². The van der Waals surface area contributed by atoms with Crippen LogP contribution in [0.3, 0.4) is 0 Å². The molecule has 1 saturated carbocycles. The maximum Gasteiger partial charge on any atom is 0.269 e. The van der Waals surface area contributed by atoms with Gasteiger partial charge in [-0.1, -0.05) is 0 Å². The summed E-state index contributed by atoms with van der Waals surface area (Å²) in [7, 11) is 1.75. The van der Waals surface area contributed by atoms with Crippen LogP contribution in [0.1, 0.15) is 23.3 Å². The highest BCUT2D eigenvalue weighted by Gasteiger charge is 2.41. The number of hydrogen-bond acceptors (Lipinski definition) is 3. The van der Waals surface area contributed by atoms with E-state index < -0.39 is 0 Å². The van der Waals surface area contributed by atoms with E-state index in [0.29, 0.717) is 18.8 Å². The Hall–Kier alpha value is -1.36. The van der Waals surface area contributed by atoms with E-state index in [0.717, 1.165) is 12.8 Å². The molecule has 1 aromatic rings. The summed E-state index contributed by atoms with van der Waals surface area (Å²) in [5.74, 6) is -0.0743. The highest BCUT2D eigenvalue weighted by atomic mass is 16.2. The van der Waals surface area contributed by atoms with E-state index in [1.807, 2.05) is 0 Å². The first-order valence-corrected chi connectivity index (χ1v) is 5.13. The van der Waals surface area contributed by atoms with Gasteiger partial charge in [0.2, 0.25) is 0 Å². The fourth-order valence-electron chi connectivity index (χ4n) is 1.58. The van der Waals surface area contributed by atoms with Crippen molar-refractivity contribution in [2.24, 2.45) is 18.2 Å². The zero-order valence-electron chi connectivity index (χ0n) is 8.86. The number of nitrogens with one attached hydrogen (secondary N) is 1. The molecule has 1 aliphatic rings. The third-order valence-corrected chi connectivity index (χ3v) is 3.07. The molecule has 5 nitrogen and oxygen atoms in total. The van der Waals surface area contributed by atoms with Crippen LogP contribution in [0.4, 0.5) is 0 Å². The Morgan fingerprint density at radius 3 is 2.93 bits per heavy atom. The van der Waals surface area contributed by atoms with Gasteiger partial charge in [-0.2, -0.15) is 5.10 Å². The monoisotopic (exact) mass is 208 g/mol. The third-order valence-electron chi connectivity index (χ3n) is 3.07. The lowest BCUT2D eigenvalue weighted by atomic mass is 10.1. The second-order valence-corrected chi connectivity index (χ2v) is 4.23. The molecular formula is C10H16N4O. The maximum atomic E-state index is 11.7. The van der Waals surface area contributed by atoms with Crippen molar-refractivity contribution >= 4 is 5.91 Å². The van der Waals surface area contributed by atoms with Crippen LogP contribution in [-0.2, 0) is 7.05 Å². The molecule has 0 atom stereocenters. The number of hydrogen-bond donors (Lipinski definition) is 2. The fourth-order valence-corrected chi connectivity index (χ4v) is 1.58. The number of nitrogens with zero attached hydrogens (tertiary/aromatic N) is 2.